The summed E-state index contributed by atoms with van der Waals surface area (Å²) in [7, 11) is 1.36. The van der Waals surface area contributed by atoms with Crippen LogP contribution in [0, 0.1) is 0 Å². The summed E-state index contributed by atoms with van der Waals surface area (Å²) < 4.78 is 12.0. The molecule has 2 aromatic carbocycles. The van der Waals surface area contributed by atoms with Crippen LogP contribution in [0.5, 0.6) is 0 Å². The fraction of sp³-hybridized carbons (Fsp3) is 0.310. The van der Waals surface area contributed by atoms with Crippen molar-refractivity contribution in [1.29, 1.82) is 0 Å². The van der Waals surface area contributed by atoms with Gasteiger partial charge in [0.1, 0.15) is 12.4 Å². The van der Waals surface area contributed by atoms with Gasteiger partial charge in [0.05, 0.1) is 42.4 Å². The molecule has 8 heteroatoms. The Morgan fingerprint density at radius 3 is 2.51 bits per heavy atom. The van der Waals surface area contributed by atoms with Crippen LogP contribution in [0.25, 0.3) is 11.6 Å². The van der Waals surface area contributed by atoms with Crippen LogP contribution >= 0.6 is 0 Å². The third-order valence-corrected chi connectivity index (χ3v) is 6.28. The summed E-state index contributed by atoms with van der Waals surface area (Å²) in [4.78, 5) is 43.6. The Morgan fingerprint density at radius 1 is 1.05 bits per heavy atom. The lowest BCUT2D eigenvalue weighted by Gasteiger charge is -2.15. The van der Waals surface area contributed by atoms with Crippen molar-refractivity contribution < 1.29 is 23.9 Å². The first-order valence-electron chi connectivity index (χ1n) is 12.5. The quantitative estimate of drug-likeness (QED) is 0.300. The number of aromatic nitrogens is 2. The maximum absolute atomic E-state index is 13.5. The average Bonchev–Trinajstić information content (AvgIpc) is 3.41. The number of unbranched alkanes of at least 4 members (excludes halogenated alkanes) is 1. The summed E-state index contributed by atoms with van der Waals surface area (Å²) in [6, 6.07) is 14.7. The van der Waals surface area contributed by atoms with E-state index >= 15 is 0 Å². The number of fused-ring (bicyclic) bond motifs is 1. The Labute approximate surface area is 216 Å². The number of benzene rings is 2. The number of anilines is 1. The predicted octanol–water partition coefficient (Wildman–Crippen LogP) is 4.51. The van der Waals surface area contributed by atoms with Gasteiger partial charge in [-0.3, -0.25) is 14.5 Å². The predicted molar refractivity (Wildman–Crippen MR) is 141 cm³/mol. The second-order valence-electron chi connectivity index (χ2n) is 8.75. The van der Waals surface area contributed by atoms with E-state index in [-0.39, 0.29) is 25.0 Å². The number of aryl methyl sites for hydroxylation is 1. The number of carbonyl (C=O) groups is 3. The van der Waals surface area contributed by atoms with Crippen molar-refractivity contribution in [2.75, 3.05) is 25.2 Å². The van der Waals surface area contributed by atoms with Gasteiger partial charge in [0.15, 0.2) is 0 Å². The number of methoxy groups -OCH3 is 1. The molecule has 0 spiro atoms. The monoisotopic (exact) mass is 501 g/mol. The number of imidazole rings is 1. The van der Waals surface area contributed by atoms with Gasteiger partial charge in [-0.25, -0.2) is 9.78 Å². The van der Waals surface area contributed by atoms with Crippen LogP contribution in [0.1, 0.15) is 59.7 Å². The number of nitrogens with zero attached hydrogens (tertiary/aromatic N) is 3. The van der Waals surface area contributed by atoms with Gasteiger partial charge in [0, 0.05) is 18.5 Å². The van der Waals surface area contributed by atoms with Crippen molar-refractivity contribution in [2.24, 2.45) is 0 Å². The molecule has 37 heavy (non-hydrogen) atoms. The minimum absolute atomic E-state index is 0.144. The van der Waals surface area contributed by atoms with Gasteiger partial charge in [-0.2, -0.15) is 0 Å². The summed E-state index contributed by atoms with van der Waals surface area (Å²) >= 11 is 0. The number of rotatable bonds is 10. The van der Waals surface area contributed by atoms with Gasteiger partial charge in [-0.1, -0.05) is 43.7 Å². The van der Waals surface area contributed by atoms with Crippen LogP contribution < -0.4 is 4.90 Å². The standard InChI is InChI=1S/C29H31N3O5/c1-4-6-11-26-30-17-22(31(26)18-20-12-14-21(15-13-20)29(35)36-3)16-24-23-9-7-8-10-25(23)32(28(24)34)19-27(33)37-5-2/h7-10,12-17H,4-6,11,18-19H2,1-3H3/b24-16-. The van der Waals surface area contributed by atoms with E-state index in [1.165, 1.54) is 12.0 Å². The van der Waals surface area contributed by atoms with Gasteiger partial charge < -0.3 is 14.0 Å². The number of carbonyl (C=O) groups excluding carboxylic acids is 3. The summed E-state index contributed by atoms with van der Waals surface area (Å²) in [6.07, 6.45) is 6.46. The fourth-order valence-corrected chi connectivity index (χ4v) is 4.39. The van der Waals surface area contributed by atoms with E-state index in [1.54, 1.807) is 25.3 Å². The van der Waals surface area contributed by atoms with Crippen molar-refractivity contribution in [3.8, 4) is 0 Å². The molecule has 0 atom stereocenters. The first-order valence-corrected chi connectivity index (χ1v) is 12.5. The second-order valence-corrected chi connectivity index (χ2v) is 8.75. The Kier molecular flexibility index (Phi) is 8.18. The van der Waals surface area contributed by atoms with Crippen LogP contribution in [0.2, 0.25) is 0 Å². The van der Waals surface area contributed by atoms with Crippen LogP contribution in [0.4, 0.5) is 5.69 Å². The van der Waals surface area contributed by atoms with Gasteiger partial charge in [0.25, 0.3) is 5.91 Å². The van der Waals surface area contributed by atoms with Crippen LogP contribution in [0.3, 0.4) is 0 Å². The molecule has 0 N–H and O–H groups in total. The van der Waals surface area contributed by atoms with E-state index in [9.17, 15) is 14.4 Å². The van der Waals surface area contributed by atoms with E-state index in [4.69, 9.17) is 9.47 Å². The molecule has 3 aromatic rings. The summed E-state index contributed by atoms with van der Waals surface area (Å²) in [6.45, 7) is 4.51. The lowest BCUT2D eigenvalue weighted by Crippen LogP contribution is -2.33. The Bertz CT molecular complexity index is 1320. The lowest BCUT2D eigenvalue weighted by atomic mass is 10.1. The van der Waals surface area contributed by atoms with E-state index in [1.807, 2.05) is 42.5 Å². The van der Waals surface area contributed by atoms with Gasteiger partial charge in [-0.05, 0) is 43.2 Å². The second kappa shape index (κ2) is 11.7. The van der Waals surface area contributed by atoms with E-state index in [2.05, 4.69) is 16.5 Å². The first kappa shape index (κ1) is 25.9. The number of amides is 1. The fourth-order valence-electron chi connectivity index (χ4n) is 4.39. The van der Waals surface area contributed by atoms with Crippen LogP contribution in [-0.2, 0) is 32.0 Å². The largest absolute Gasteiger partial charge is 0.465 e. The van der Waals surface area contributed by atoms with E-state index < -0.39 is 5.97 Å². The molecule has 1 aliphatic heterocycles. The molecular formula is C29H31N3O5. The summed E-state index contributed by atoms with van der Waals surface area (Å²) in [5, 5.41) is 0. The molecule has 0 saturated heterocycles. The molecule has 0 aliphatic carbocycles. The Morgan fingerprint density at radius 2 is 1.81 bits per heavy atom. The number of ether oxygens (including phenoxy) is 2. The van der Waals surface area contributed by atoms with Crippen molar-refractivity contribution in [3.63, 3.8) is 0 Å². The van der Waals surface area contributed by atoms with Crippen molar-refractivity contribution in [2.45, 2.75) is 39.7 Å². The molecule has 0 fully saturated rings. The SMILES string of the molecule is CCCCc1ncc(/C=C2\C(=O)N(CC(=O)OCC)c3ccccc32)n1Cc1ccc(C(=O)OC)cc1. The van der Waals surface area contributed by atoms with E-state index in [0.29, 0.717) is 23.4 Å². The molecule has 1 aliphatic rings. The van der Waals surface area contributed by atoms with Gasteiger partial charge in [0.2, 0.25) is 0 Å². The van der Waals surface area contributed by atoms with Crippen molar-refractivity contribution in [1.82, 2.24) is 9.55 Å². The number of hydrogen-bond donors (Lipinski definition) is 0. The topological polar surface area (TPSA) is 90.7 Å². The van der Waals surface area contributed by atoms with Crippen molar-refractivity contribution in [3.05, 3.63) is 82.9 Å². The minimum atomic E-state index is -0.450. The molecule has 1 aromatic heterocycles. The molecule has 4 rings (SSSR count). The smallest absolute Gasteiger partial charge is 0.337 e. The van der Waals surface area contributed by atoms with Gasteiger partial charge >= 0.3 is 11.9 Å². The molecule has 0 saturated carbocycles. The third-order valence-electron chi connectivity index (χ3n) is 6.28. The van der Waals surface area contributed by atoms with E-state index in [0.717, 1.165) is 41.9 Å². The maximum Gasteiger partial charge on any atom is 0.337 e. The molecule has 8 nitrogen and oxygen atoms in total. The van der Waals surface area contributed by atoms with Crippen molar-refractivity contribution >= 4 is 35.2 Å². The highest BCUT2D eigenvalue weighted by Gasteiger charge is 2.34. The molecule has 0 bridgehead atoms. The zero-order chi connectivity index (χ0) is 26.4. The molecule has 0 unspecified atom stereocenters. The third kappa shape index (κ3) is 5.63. The Hall–Kier alpha value is -4.20. The first-order chi connectivity index (χ1) is 18.0. The number of para-hydroxylation sites is 1. The molecule has 1 amide bonds. The average molecular weight is 502 g/mol. The zero-order valence-corrected chi connectivity index (χ0v) is 21.4. The summed E-state index contributed by atoms with van der Waals surface area (Å²) in [5.41, 5.74) is 4.22. The number of hydrogen-bond acceptors (Lipinski definition) is 6. The lowest BCUT2D eigenvalue weighted by molar-refractivity contribution is -0.142. The molecular weight excluding hydrogens is 470 g/mol. The number of esters is 2. The zero-order valence-electron chi connectivity index (χ0n) is 21.4. The molecule has 192 valence electrons. The normalized spacial score (nSPS) is 13.6. The maximum atomic E-state index is 13.5. The molecule has 0 radical (unpaired) electrons. The van der Waals surface area contributed by atoms with Gasteiger partial charge in [-0.15, -0.1) is 0 Å². The highest BCUT2D eigenvalue weighted by molar-refractivity contribution is 6.36. The highest BCUT2D eigenvalue weighted by Crippen LogP contribution is 2.37. The summed E-state index contributed by atoms with van der Waals surface area (Å²) in [5.74, 6) is -0.157. The van der Waals surface area contributed by atoms with Crippen LogP contribution in [0.15, 0.2) is 54.7 Å². The Balaban J connectivity index is 1.70. The molecule has 2 heterocycles. The van der Waals surface area contributed by atoms with Crippen LogP contribution in [-0.4, -0.2) is 47.7 Å². The minimum Gasteiger partial charge on any atom is -0.465 e. The highest BCUT2D eigenvalue weighted by atomic mass is 16.5.